The van der Waals surface area contributed by atoms with Crippen LogP contribution in [-0.2, 0) is 20.4 Å². The van der Waals surface area contributed by atoms with E-state index in [4.69, 9.17) is 14.2 Å². The highest BCUT2D eigenvalue weighted by Gasteiger charge is 2.36. The zero-order valence-electron chi connectivity index (χ0n) is 21.5. The molecular weight excluding hydrogens is 503 g/mol. The predicted molar refractivity (Wildman–Crippen MR) is 138 cm³/mol. The Kier molecular flexibility index (Phi) is 7.77. The van der Waals surface area contributed by atoms with Crippen molar-refractivity contribution in [2.45, 2.75) is 47.8 Å². The highest BCUT2D eigenvalue weighted by Crippen LogP contribution is 2.49. The molecule has 0 amide bonds. The largest absolute Gasteiger partial charge is 0.416 e. The van der Waals surface area contributed by atoms with Crippen molar-refractivity contribution in [2.75, 3.05) is 64.4 Å². The molecular formula is C27H34F3N3O3S. The van der Waals surface area contributed by atoms with Crippen molar-refractivity contribution >= 4 is 23.1 Å². The van der Waals surface area contributed by atoms with E-state index in [0.717, 1.165) is 54.3 Å². The fraction of sp³-hybridized carbons (Fsp3) is 0.556. The van der Waals surface area contributed by atoms with Crippen molar-refractivity contribution in [3.63, 3.8) is 0 Å². The topological polar surface area (TPSA) is 37.4 Å². The molecule has 6 nitrogen and oxygen atoms in total. The van der Waals surface area contributed by atoms with Gasteiger partial charge in [-0.25, -0.2) is 0 Å². The molecule has 37 heavy (non-hydrogen) atoms. The first-order valence-corrected chi connectivity index (χ1v) is 13.5. The SMILES string of the molecule is COC(CN1CCN(C[C@H]2COC(C)(C)O2)CC1)CN1c2ccccc2Sc2ccc(C(F)(F)F)cc21. The van der Waals surface area contributed by atoms with Crippen LogP contribution in [0, 0.1) is 0 Å². The minimum atomic E-state index is -4.39. The van der Waals surface area contributed by atoms with Crippen LogP contribution in [0.25, 0.3) is 0 Å². The Morgan fingerprint density at radius 2 is 1.70 bits per heavy atom. The summed E-state index contributed by atoms with van der Waals surface area (Å²) in [6.07, 6.45) is -4.47. The number of halogens is 3. The van der Waals surface area contributed by atoms with Crippen LogP contribution in [0.3, 0.4) is 0 Å². The molecule has 1 unspecified atom stereocenters. The van der Waals surface area contributed by atoms with Gasteiger partial charge in [0.25, 0.3) is 0 Å². The number of methoxy groups -OCH3 is 1. The summed E-state index contributed by atoms with van der Waals surface area (Å²) in [6, 6.07) is 11.9. The second kappa shape index (κ2) is 10.7. The van der Waals surface area contributed by atoms with Gasteiger partial charge in [0, 0.05) is 56.2 Å². The van der Waals surface area contributed by atoms with E-state index in [2.05, 4.69) is 9.80 Å². The van der Waals surface area contributed by atoms with Crippen LogP contribution in [-0.4, -0.2) is 87.3 Å². The van der Waals surface area contributed by atoms with Gasteiger partial charge in [-0.3, -0.25) is 9.80 Å². The van der Waals surface area contributed by atoms with E-state index in [9.17, 15) is 13.2 Å². The second-order valence-electron chi connectivity index (χ2n) is 10.3. The third-order valence-corrected chi connectivity index (χ3v) is 8.26. The van der Waals surface area contributed by atoms with Gasteiger partial charge in [-0.15, -0.1) is 0 Å². The zero-order chi connectivity index (χ0) is 26.2. The summed E-state index contributed by atoms with van der Waals surface area (Å²) in [6.45, 7) is 10.2. The number of piperazine rings is 1. The molecule has 0 N–H and O–H groups in total. The maximum atomic E-state index is 13.5. The van der Waals surface area contributed by atoms with Crippen LogP contribution in [0.5, 0.6) is 0 Å². The maximum absolute atomic E-state index is 13.5. The number of anilines is 2. The van der Waals surface area contributed by atoms with Gasteiger partial charge in [0.05, 0.1) is 42.3 Å². The molecule has 2 saturated heterocycles. The molecule has 0 radical (unpaired) electrons. The molecule has 0 spiro atoms. The molecule has 2 atom stereocenters. The van der Waals surface area contributed by atoms with E-state index in [0.29, 0.717) is 25.4 Å². The predicted octanol–water partition coefficient (Wildman–Crippen LogP) is 5.09. The number of nitrogens with zero attached hydrogens (tertiary/aromatic N) is 3. The van der Waals surface area contributed by atoms with Crippen molar-refractivity contribution in [1.82, 2.24) is 9.80 Å². The highest BCUT2D eigenvalue weighted by atomic mass is 32.2. The summed E-state index contributed by atoms with van der Waals surface area (Å²) in [7, 11) is 1.68. The Bertz CT molecular complexity index is 1090. The Labute approximate surface area is 220 Å². The Morgan fingerprint density at radius 1 is 1.00 bits per heavy atom. The molecule has 3 aliphatic heterocycles. The molecule has 0 saturated carbocycles. The summed E-state index contributed by atoms with van der Waals surface area (Å²) >= 11 is 1.50. The van der Waals surface area contributed by atoms with Crippen molar-refractivity contribution in [3.8, 4) is 0 Å². The van der Waals surface area contributed by atoms with E-state index in [1.807, 2.05) is 43.0 Å². The molecule has 3 heterocycles. The first kappa shape index (κ1) is 26.8. The standard InChI is InChI=1S/C27H34F3N3O3S/c1-26(2)35-18-21(36-26)16-32-12-10-31(11-13-32)15-20(34-3)17-33-22-6-4-5-7-24(22)37-25-9-8-19(14-23(25)33)27(28,29)30/h4-9,14,20-21H,10-13,15-18H2,1-3H3/t20?,21-/m0/s1. The second-order valence-corrected chi connectivity index (χ2v) is 11.4. The fourth-order valence-electron chi connectivity index (χ4n) is 5.20. The third kappa shape index (κ3) is 6.26. The molecule has 10 heteroatoms. The molecule has 3 aliphatic rings. The molecule has 0 aliphatic carbocycles. The minimum Gasteiger partial charge on any atom is -0.378 e. The number of rotatable bonds is 7. The molecule has 0 aromatic heterocycles. The van der Waals surface area contributed by atoms with Gasteiger partial charge in [-0.2, -0.15) is 13.2 Å². The number of ether oxygens (including phenoxy) is 3. The van der Waals surface area contributed by atoms with Crippen LogP contribution in [0.15, 0.2) is 52.3 Å². The average Bonchev–Trinajstić information content (AvgIpc) is 3.21. The lowest BCUT2D eigenvalue weighted by atomic mass is 10.1. The van der Waals surface area contributed by atoms with Crippen molar-refractivity contribution in [2.24, 2.45) is 0 Å². The first-order valence-electron chi connectivity index (χ1n) is 12.7. The van der Waals surface area contributed by atoms with Crippen LogP contribution in [0.2, 0.25) is 0 Å². The summed E-state index contributed by atoms with van der Waals surface area (Å²) < 4.78 is 58.1. The van der Waals surface area contributed by atoms with Crippen molar-refractivity contribution < 1.29 is 27.4 Å². The first-order chi connectivity index (χ1) is 17.6. The minimum absolute atomic E-state index is 0.0898. The van der Waals surface area contributed by atoms with E-state index >= 15 is 0 Å². The molecule has 2 aromatic rings. The third-order valence-electron chi connectivity index (χ3n) is 7.13. The number of para-hydroxylation sites is 1. The molecule has 2 aromatic carbocycles. The molecule has 202 valence electrons. The highest BCUT2D eigenvalue weighted by molar-refractivity contribution is 7.99. The van der Waals surface area contributed by atoms with Crippen LogP contribution in [0.1, 0.15) is 19.4 Å². The van der Waals surface area contributed by atoms with E-state index < -0.39 is 17.5 Å². The number of fused-ring (bicyclic) bond motifs is 2. The van der Waals surface area contributed by atoms with Gasteiger partial charge in [-0.1, -0.05) is 23.9 Å². The van der Waals surface area contributed by atoms with Crippen LogP contribution < -0.4 is 4.90 Å². The zero-order valence-corrected chi connectivity index (χ0v) is 22.3. The van der Waals surface area contributed by atoms with E-state index in [-0.39, 0.29) is 12.2 Å². The van der Waals surface area contributed by atoms with Gasteiger partial charge in [0.2, 0.25) is 0 Å². The molecule has 0 bridgehead atoms. The molecule has 5 rings (SSSR count). The van der Waals surface area contributed by atoms with Gasteiger partial charge in [-0.05, 0) is 44.2 Å². The summed E-state index contributed by atoms with van der Waals surface area (Å²) in [5, 5.41) is 0. The van der Waals surface area contributed by atoms with E-state index in [1.165, 1.54) is 17.8 Å². The van der Waals surface area contributed by atoms with Gasteiger partial charge in [0.1, 0.15) is 0 Å². The Morgan fingerprint density at radius 3 is 2.38 bits per heavy atom. The smallest absolute Gasteiger partial charge is 0.378 e. The monoisotopic (exact) mass is 537 g/mol. The quantitative estimate of drug-likeness (QED) is 0.487. The van der Waals surface area contributed by atoms with Crippen LogP contribution in [0.4, 0.5) is 24.5 Å². The van der Waals surface area contributed by atoms with Crippen molar-refractivity contribution in [1.29, 1.82) is 0 Å². The van der Waals surface area contributed by atoms with Gasteiger partial charge in [0.15, 0.2) is 5.79 Å². The lowest BCUT2D eigenvalue weighted by molar-refractivity contribution is -0.141. The Balaban J connectivity index is 1.25. The fourth-order valence-corrected chi connectivity index (χ4v) is 6.27. The summed E-state index contributed by atoms with van der Waals surface area (Å²) in [5.41, 5.74) is 0.848. The number of alkyl halides is 3. The average molecular weight is 538 g/mol. The van der Waals surface area contributed by atoms with Crippen molar-refractivity contribution in [3.05, 3.63) is 48.0 Å². The van der Waals surface area contributed by atoms with Gasteiger partial charge < -0.3 is 19.1 Å². The maximum Gasteiger partial charge on any atom is 0.416 e. The number of hydrogen-bond acceptors (Lipinski definition) is 7. The Hall–Kier alpha value is -1.82. The van der Waals surface area contributed by atoms with E-state index in [1.54, 1.807) is 13.2 Å². The van der Waals surface area contributed by atoms with Gasteiger partial charge >= 0.3 is 6.18 Å². The summed E-state index contributed by atoms with van der Waals surface area (Å²) in [5.74, 6) is -0.511. The normalized spacial score (nSPS) is 23.1. The lowest BCUT2D eigenvalue weighted by Crippen LogP contribution is -2.51. The number of hydrogen-bond donors (Lipinski definition) is 0. The summed E-state index contributed by atoms with van der Waals surface area (Å²) in [4.78, 5) is 8.61. The molecule has 2 fully saturated rings. The number of benzene rings is 2. The van der Waals surface area contributed by atoms with Crippen LogP contribution >= 0.6 is 11.8 Å². The lowest BCUT2D eigenvalue weighted by Gasteiger charge is -2.39.